The van der Waals surface area contributed by atoms with Crippen molar-refractivity contribution in [2.24, 2.45) is 0 Å². The fraction of sp³-hybridized carbons (Fsp3) is 0.357. The fourth-order valence-electron chi connectivity index (χ4n) is 2.55. The number of nitrogens with zero attached hydrogens (tertiary/aromatic N) is 2. The molecule has 19 heavy (non-hydrogen) atoms. The van der Waals surface area contributed by atoms with Crippen molar-refractivity contribution in [2.45, 2.75) is 25.9 Å². The Morgan fingerprint density at radius 1 is 1.47 bits per heavy atom. The SMILES string of the molecule is CC1c2ccsc2CCN1Cc1cnc(Cl)cc1Cl. The third-order valence-corrected chi connectivity index (χ3v) is 5.23. The Bertz CT molecular complexity index is 597. The lowest BCUT2D eigenvalue weighted by Gasteiger charge is -2.33. The van der Waals surface area contributed by atoms with Crippen molar-refractivity contribution in [1.82, 2.24) is 9.88 Å². The van der Waals surface area contributed by atoms with Gasteiger partial charge in [0, 0.05) is 40.8 Å². The Kier molecular flexibility index (Phi) is 3.81. The van der Waals surface area contributed by atoms with Gasteiger partial charge in [0.2, 0.25) is 0 Å². The molecule has 0 N–H and O–H groups in total. The van der Waals surface area contributed by atoms with Crippen molar-refractivity contribution in [3.05, 3.63) is 49.9 Å². The van der Waals surface area contributed by atoms with Gasteiger partial charge in [0.15, 0.2) is 0 Å². The first-order valence-electron chi connectivity index (χ1n) is 6.25. The molecule has 0 spiro atoms. The van der Waals surface area contributed by atoms with Crippen LogP contribution in [0.5, 0.6) is 0 Å². The molecule has 1 unspecified atom stereocenters. The Labute approximate surface area is 127 Å². The zero-order valence-corrected chi connectivity index (χ0v) is 12.9. The molecule has 0 aliphatic carbocycles. The summed E-state index contributed by atoms with van der Waals surface area (Å²) in [5, 5.41) is 3.32. The molecule has 1 aliphatic heterocycles. The van der Waals surface area contributed by atoms with Crippen LogP contribution in [0.3, 0.4) is 0 Å². The van der Waals surface area contributed by atoms with Crippen LogP contribution in [0.25, 0.3) is 0 Å². The van der Waals surface area contributed by atoms with Crippen LogP contribution in [0.1, 0.15) is 29.0 Å². The second-order valence-corrected chi connectivity index (χ2v) is 6.59. The van der Waals surface area contributed by atoms with Gasteiger partial charge in [-0.15, -0.1) is 11.3 Å². The quantitative estimate of drug-likeness (QED) is 0.755. The van der Waals surface area contributed by atoms with Crippen LogP contribution in [-0.4, -0.2) is 16.4 Å². The van der Waals surface area contributed by atoms with E-state index in [4.69, 9.17) is 23.2 Å². The predicted molar refractivity (Wildman–Crippen MR) is 81.1 cm³/mol. The van der Waals surface area contributed by atoms with Gasteiger partial charge in [-0.25, -0.2) is 4.98 Å². The highest BCUT2D eigenvalue weighted by molar-refractivity contribution is 7.10. The van der Waals surface area contributed by atoms with Crippen molar-refractivity contribution in [3.8, 4) is 0 Å². The highest BCUT2D eigenvalue weighted by Gasteiger charge is 2.25. The number of fused-ring (bicyclic) bond motifs is 1. The minimum absolute atomic E-state index is 0.432. The van der Waals surface area contributed by atoms with Crippen LogP contribution in [0, 0.1) is 0 Å². The van der Waals surface area contributed by atoms with E-state index in [0.717, 1.165) is 25.1 Å². The van der Waals surface area contributed by atoms with Crippen molar-refractivity contribution < 1.29 is 0 Å². The average molecular weight is 313 g/mol. The van der Waals surface area contributed by atoms with Crippen LogP contribution in [0.4, 0.5) is 0 Å². The summed E-state index contributed by atoms with van der Waals surface area (Å²) in [4.78, 5) is 8.08. The summed E-state index contributed by atoms with van der Waals surface area (Å²) in [5.41, 5.74) is 2.49. The Balaban J connectivity index is 1.81. The number of rotatable bonds is 2. The van der Waals surface area contributed by atoms with E-state index in [9.17, 15) is 0 Å². The third-order valence-electron chi connectivity index (χ3n) is 3.67. The normalized spacial score (nSPS) is 19.4. The molecule has 0 saturated carbocycles. The molecule has 3 heterocycles. The third kappa shape index (κ3) is 2.65. The summed E-state index contributed by atoms with van der Waals surface area (Å²) in [6, 6.07) is 4.38. The molecule has 2 nitrogen and oxygen atoms in total. The first-order valence-corrected chi connectivity index (χ1v) is 7.89. The lowest BCUT2D eigenvalue weighted by molar-refractivity contribution is 0.191. The summed E-state index contributed by atoms with van der Waals surface area (Å²) in [6.45, 7) is 4.13. The molecule has 0 saturated heterocycles. The van der Waals surface area contributed by atoms with E-state index >= 15 is 0 Å². The Hall–Kier alpha value is -0.610. The molecule has 0 fully saturated rings. The second kappa shape index (κ2) is 5.41. The van der Waals surface area contributed by atoms with Gasteiger partial charge in [0.1, 0.15) is 5.15 Å². The molecule has 0 radical (unpaired) electrons. The van der Waals surface area contributed by atoms with Gasteiger partial charge < -0.3 is 0 Å². The molecular formula is C14H14Cl2N2S. The number of pyridine rings is 1. The van der Waals surface area contributed by atoms with Crippen LogP contribution in [0.15, 0.2) is 23.7 Å². The summed E-state index contributed by atoms with van der Waals surface area (Å²) < 4.78 is 0. The molecule has 0 amide bonds. The Morgan fingerprint density at radius 2 is 2.32 bits per heavy atom. The highest BCUT2D eigenvalue weighted by atomic mass is 35.5. The van der Waals surface area contributed by atoms with Crippen molar-refractivity contribution in [2.75, 3.05) is 6.54 Å². The van der Waals surface area contributed by atoms with E-state index in [1.165, 1.54) is 10.4 Å². The van der Waals surface area contributed by atoms with Crippen LogP contribution >= 0.6 is 34.5 Å². The zero-order chi connectivity index (χ0) is 13.4. The van der Waals surface area contributed by atoms with E-state index in [1.807, 2.05) is 11.3 Å². The highest BCUT2D eigenvalue weighted by Crippen LogP contribution is 2.34. The van der Waals surface area contributed by atoms with Gasteiger partial charge in [-0.05, 0) is 36.4 Å². The summed E-state index contributed by atoms with van der Waals surface area (Å²) >= 11 is 13.9. The van der Waals surface area contributed by atoms with E-state index in [0.29, 0.717) is 16.2 Å². The molecule has 5 heteroatoms. The van der Waals surface area contributed by atoms with E-state index in [1.54, 1.807) is 12.3 Å². The average Bonchev–Trinajstić information content (AvgIpc) is 2.85. The van der Waals surface area contributed by atoms with Crippen molar-refractivity contribution >= 4 is 34.5 Å². The van der Waals surface area contributed by atoms with Crippen LogP contribution in [0.2, 0.25) is 10.2 Å². The van der Waals surface area contributed by atoms with Gasteiger partial charge >= 0.3 is 0 Å². The monoisotopic (exact) mass is 312 g/mol. The summed E-state index contributed by atoms with van der Waals surface area (Å²) in [6.07, 6.45) is 2.90. The minimum Gasteiger partial charge on any atom is -0.292 e. The van der Waals surface area contributed by atoms with Gasteiger partial charge in [0.25, 0.3) is 0 Å². The van der Waals surface area contributed by atoms with Crippen molar-refractivity contribution in [1.29, 1.82) is 0 Å². The predicted octanol–water partition coefficient (Wildman–Crippen LogP) is 4.57. The smallest absolute Gasteiger partial charge is 0.130 e. The molecular weight excluding hydrogens is 299 g/mol. The van der Waals surface area contributed by atoms with Crippen LogP contribution < -0.4 is 0 Å². The minimum atomic E-state index is 0.432. The standard InChI is InChI=1S/C14H14Cl2N2S/c1-9-11-3-5-19-13(11)2-4-18(9)8-10-7-17-14(16)6-12(10)15/h3,5-7,9H,2,4,8H2,1H3. The van der Waals surface area contributed by atoms with E-state index in [-0.39, 0.29) is 0 Å². The fourth-order valence-corrected chi connectivity index (χ4v) is 3.94. The maximum atomic E-state index is 6.23. The first-order chi connectivity index (χ1) is 9.15. The zero-order valence-electron chi connectivity index (χ0n) is 10.6. The number of thiophene rings is 1. The molecule has 0 aromatic carbocycles. The summed E-state index contributed by atoms with van der Waals surface area (Å²) in [7, 11) is 0. The molecule has 0 bridgehead atoms. The van der Waals surface area contributed by atoms with E-state index in [2.05, 4.69) is 28.3 Å². The molecule has 100 valence electrons. The lowest BCUT2D eigenvalue weighted by atomic mass is 10.0. The second-order valence-electron chi connectivity index (χ2n) is 4.79. The summed E-state index contributed by atoms with van der Waals surface area (Å²) in [5.74, 6) is 0. The number of hydrogen-bond donors (Lipinski definition) is 0. The van der Waals surface area contributed by atoms with Gasteiger partial charge in [-0.1, -0.05) is 23.2 Å². The maximum Gasteiger partial charge on any atom is 0.130 e. The van der Waals surface area contributed by atoms with E-state index < -0.39 is 0 Å². The Morgan fingerprint density at radius 3 is 3.11 bits per heavy atom. The lowest BCUT2D eigenvalue weighted by Crippen LogP contribution is -2.32. The molecule has 2 aromatic heterocycles. The molecule has 1 atom stereocenters. The van der Waals surface area contributed by atoms with Crippen LogP contribution in [-0.2, 0) is 13.0 Å². The number of halogens is 2. The molecule has 2 aromatic rings. The van der Waals surface area contributed by atoms with Gasteiger partial charge in [-0.2, -0.15) is 0 Å². The molecule has 3 rings (SSSR count). The first kappa shape index (κ1) is 13.4. The molecule has 1 aliphatic rings. The maximum absolute atomic E-state index is 6.23. The van der Waals surface area contributed by atoms with Gasteiger partial charge in [0.05, 0.1) is 0 Å². The number of hydrogen-bond acceptors (Lipinski definition) is 3. The van der Waals surface area contributed by atoms with Gasteiger partial charge in [-0.3, -0.25) is 4.90 Å². The largest absolute Gasteiger partial charge is 0.292 e. The number of aromatic nitrogens is 1. The van der Waals surface area contributed by atoms with Crippen molar-refractivity contribution in [3.63, 3.8) is 0 Å². The topological polar surface area (TPSA) is 16.1 Å².